The van der Waals surface area contributed by atoms with Crippen molar-refractivity contribution in [2.45, 2.75) is 6.61 Å². The predicted molar refractivity (Wildman–Crippen MR) is 134 cm³/mol. The lowest BCUT2D eigenvalue weighted by Crippen LogP contribution is -2.24. The van der Waals surface area contributed by atoms with Crippen LogP contribution >= 0.6 is 11.6 Å². The summed E-state index contributed by atoms with van der Waals surface area (Å²) in [5, 5.41) is 6.69. The van der Waals surface area contributed by atoms with Crippen molar-refractivity contribution < 1.29 is 19.0 Å². The lowest BCUT2D eigenvalue weighted by Gasteiger charge is -2.11. The normalized spacial score (nSPS) is 10.9. The molecule has 1 N–H and O–H groups in total. The third-order valence-corrected chi connectivity index (χ3v) is 5.26. The van der Waals surface area contributed by atoms with Crippen LogP contribution in [0.5, 0.6) is 17.2 Å². The van der Waals surface area contributed by atoms with E-state index < -0.39 is 0 Å². The van der Waals surface area contributed by atoms with Gasteiger partial charge in [0.15, 0.2) is 18.1 Å². The fourth-order valence-corrected chi connectivity index (χ4v) is 3.43. The third kappa shape index (κ3) is 6.05. The van der Waals surface area contributed by atoms with E-state index in [1.54, 1.807) is 19.2 Å². The first-order chi connectivity index (χ1) is 16.6. The van der Waals surface area contributed by atoms with Gasteiger partial charge in [-0.3, -0.25) is 4.79 Å². The highest BCUT2D eigenvalue weighted by Gasteiger charge is 2.07. The Bertz CT molecular complexity index is 1300. The number of benzene rings is 4. The largest absolute Gasteiger partial charge is 0.493 e. The molecule has 0 saturated carbocycles. The number of methoxy groups -OCH3 is 1. The Morgan fingerprint density at radius 1 is 0.912 bits per heavy atom. The van der Waals surface area contributed by atoms with E-state index in [4.69, 9.17) is 25.8 Å². The van der Waals surface area contributed by atoms with Gasteiger partial charge in [0.1, 0.15) is 12.4 Å². The Morgan fingerprint density at radius 3 is 2.53 bits per heavy atom. The highest BCUT2D eigenvalue weighted by molar-refractivity contribution is 6.30. The van der Waals surface area contributed by atoms with Crippen LogP contribution in [-0.2, 0) is 11.4 Å². The van der Waals surface area contributed by atoms with E-state index in [9.17, 15) is 4.79 Å². The monoisotopic (exact) mass is 474 g/mol. The molecule has 0 aliphatic heterocycles. The molecule has 1 amide bonds. The molecule has 0 aliphatic rings. The Hall–Kier alpha value is -4.03. The minimum atomic E-state index is -0.362. The van der Waals surface area contributed by atoms with Gasteiger partial charge in [-0.1, -0.05) is 60.1 Å². The summed E-state index contributed by atoms with van der Waals surface area (Å²) in [5.74, 6) is 1.45. The molecule has 4 aromatic rings. The minimum Gasteiger partial charge on any atom is -0.493 e. The van der Waals surface area contributed by atoms with Crippen LogP contribution in [0.25, 0.3) is 10.8 Å². The highest BCUT2D eigenvalue weighted by Crippen LogP contribution is 2.28. The Labute approximate surface area is 202 Å². The SMILES string of the molecule is COc1cc(/C=N\NC(=O)COc2cccc3ccccc23)ccc1OCc1ccc(Cl)cc1. The van der Waals surface area contributed by atoms with Crippen LogP contribution < -0.4 is 19.6 Å². The van der Waals surface area contributed by atoms with Crippen molar-refractivity contribution in [1.82, 2.24) is 5.43 Å². The first-order valence-electron chi connectivity index (χ1n) is 10.6. The molecule has 4 aromatic carbocycles. The summed E-state index contributed by atoms with van der Waals surface area (Å²) in [6.45, 7) is 0.236. The van der Waals surface area contributed by atoms with Crippen molar-refractivity contribution in [3.63, 3.8) is 0 Å². The maximum absolute atomic E-state index is 12.2. The highest BCUT2D eigenvalue weighted by atomic mass is 35.5. The molecule has 0 spiro atoms. The second kappa shape index (κ2) is 11.2. The number of carbonyl (C=O) groups is 1. The quantitative estimate of drug-likeness (QED) is 0.253. The average molecular weight is 475 g/mol. The topological polar surface area (TPSA) is 69.2 Å². The van der Waals surface area contributed by atoms with E-state index in [0.717, 1.165) is 21.9 Å². The number of nitrogens with one attached hydrogen (secondary N) is 1. The molecule has 172 valence electrons. The first-order valence-corrected chi connectivity index (χ1v) is 11.0. The van der Waals surface area contributed by atoms with Crippen LogP contribution in [0.4, 0.5) is 0 Å². The number of amides is 1. The van der Waals surface area contributed by atoms with E-state index in [0.29, 0.717) is 28.9 Å². The number of hydrogen-bond acceptors (Lipinski definition) is 5. The van der Waals surface area contributed by atoms with E-state index in [2.05, 4.69) is 10.5 Å². The van der Waals surface area contributed by atoms with Crippen molar-refractivity contribution in [3.05, 3.63) is 101 Å². The molecule has 7 heteroatoms. The molecular formula is C27H23ClN2O4. The molecule has 0 radical (unpaired) electrons. The zero-order valence-corrected chi connectivity index (χ0v) is 19.3. The number of nitrogens with zero attached hydrogens (tertiary/aromatic N) is 1. The van der Waals surface area contributed by atoms with Crippen molar-refractivity contribution in [2.75, 3.05) is 13.7 Å². The van der Waals surface area contributed by atoms with Crippen LogP contribution in [0, 0.1) is 0 Å². The van der Waals surface area contributed by atoms with Gasteiger partial charge in [-0.25, -0.2) is 5.43 Å². The standard InChI is InChI=1S/C27H23ClN2O4/c1-32-26-15-20(11-14-25(26)33-17-19-9-12-22(28)13-10-19)16-29-30-27(31)18-34-24-8-4-6-21-5-2-3-7-23(21)24/h2-16H,17-18H2,1H3,(H,30,31)/b29-16-. The molecule has 6 nitrogen and oxygen atoms in total. The number of hydrazone groups is 1. The van der Waals surface area contributed by atoms with Crippen molar-refractivity contribution in [1.29, 1.82) is 0 Å². The van der Waals surface area contributed by atoms with E-state index in [1.807, 2.05) is 72.8 Å². The van der Waals surface area contributed by atoms with Crippen molar-refractivity contribution in [2.24, 2.45) is 5.10 Å². The molecule has 0 bridgehead atoms. The Morgan fingerprint density at radius 2 is 1.71 bits per heavy atom. The van der Waals surface area contributed by atoms with Crippen LogP contribution in [0.15, 0.2) is 90.0 Å². The third-order valence-electron chi connectivity index (χ3n) is 5.01. The predicted octanol–water partition coefficient (Wildman–Crippen LogP) is 5.61. The van der Waals surface area contributed by atoms with Gasteiger partial charge in [0, 0.05) is 10.4 Å². The Balaban J connectivity index is 1.31. The fraction of sp³-hybridized carbons (Fsp3) is 0.111. The van der Waals surface area contributed by atoms with Crippen molar-refractivity contribution >= 4 is 34.5 Å². The summed E-state index contributed by atoms with van der Waals surface area (Å²) in [7, 11) is 1.57. The van der Waals surface area contributed by atoms with Gasteiger partial charge in [-0.15, -0.1) is 0 Å². The van der Waals surface area contributed by atoms with Gasteiger partial charge < -0.3 is 14.2 Å². The zero-order valence-electron chi connectivity index (χ0n) is 18.5. The number of ether oxygens (including phenoxy) is 3. The van der Waals surface area contributed by atoms with Gasteiger partial charge in [0.25, 0.3) is 5.91 Å². The average Bonchev–Trinajstić information content (AvgIpc) is 2.87. The van der Waals surface area contributed by atoms with E-state index >= 15 is 0 Å². The molecule has 0 atom stereocenters. The number of fused-ring (bicyclic) bond motifs is 1. The minimum absolute atomic E-state index is 0.147. The second-order valence-corrected chi connectivity index (χ2v) is 7.82. The molecule has 0 fully saturated rings. The summed E-state index contributed by atoms with van der Waals surface area (Å²) in [6.07, 6.45) is 1.53. The van der Waals surface area contributed by atoms with Crippen LogP contribution in [-0.4, -0.2) is 25.8 Å². The number of carbonyl (C=O) groups excluding carboxylic acids is 1. The van der Waals surface area contributed by atoms with Gasteiger partial charge in [0.05, 0.1) is 13.3 Å². The molecule has 0 heterocycles. The van der Waals surface area contributed by atoms with Gasteiger partial charge >= 0.3 is 0 Å². The summed E-state index contributed by atoms with van der Waals surface area (Å²) in [5.41, 5.74) is 4.21. The zero-order chi connectivity index (χ0) is 23.8. The van der Waals surface area contributed by atoms with Gasteiger partial charge in [0.2, 0.25) is 0 Å². The molecule has 34 heavy (non-hydrogen) atoms. The maximum Gasteiger partial charge on any atom is 0.277 e. The molecular weight excluding hydrogens is 452 g/mol. The first kappa shape index (κ1) is 23.1. The van der Waals surface area contributed by atoms with Crippen LogP contribution in [0.1, 0.15) is 11.1 Å². The lowest BCUT2D eigenvalue weighted by molar-refractivity contribution is -0.123. The lowest BCUT2D eigenvalue weighted by atomic mass is 10.1. The molecule has 0 saturated heterocycles. The summed E-state index contributed by atoms with van der Waals surface area (Å²) in [6, 6.07) is 26.4. The molecule has 0 unspecified atom stereocenters. The number of hydrogen-bond donors (Lipinski definition) is 1. The van der Waals surface area contributed by atoms with Gasteiger partial charge in [-0.05, 0) is 52.9 Å². The van der Waals surface area contributed by atoms with Crippen molar-refractivity contribution in [3.8, 4) is 17.2 Å². The second-order valence-electron chi connectivity index (χ2n) is 7.38. The van der Waals surface area contributed by atoms with Crippen LogP contribution in [0.2, 0.25) is 5.02 Å². The summed E-state index contributed by atoms with van der Waals surface area (Å²) >= 11 is 5.92. The van der Waals surface area contributed by atoms with Crippen LogP contribution in [0.3, 0.4) is 0 Å². The molecule has 4 rings (SSSR count). The van der Waals surface area contributed by atoms with Gasteiger partial charge in [-0.2, -0.15) is 5.10 Å². The summed E-state index contributed by atoms with van der Waals surface area (Å²) in [4.78, 5) is 12.2. The van der Waals surface area contributed by atoms with E-state index in [1.165, 1.54) is 6.21 Å². The number of rotatable bonds is 9. The van der Waals surface area contributed by atoms with E-state index in [-0.39, 0.29) is 12.5 Å². The molecule has 0 aliphatic carbocycles. The Kier molecular flexibility index (Phi) is 7.63. The number of halogens is 1. The smallest absolute Gasteiger partial charge is 0.277 e. The summed E-state index contributed by atoms with van der Waals surface area (Å²) < 4.78 is 17.0. The molecule has 0 aromatic heterocycles. The fourth-order valence-electron chi connectivity index (χ4n) is 3.30. The maximum atomic E-state index is 12.2.